The Morgan fingerprint density at radius 1 is 1.00 bits per heavy atom. The minimum absolute atomic E-state index is 0.362. The van der Waals surface area contributed by atoms with Gasteiger partial charge in [-0.15, -0.1) is 0 Å². The monoisotopic (exact) mass is 430 g/mol. The van der Waals surface area contributed by atoms with Gasteiger partial charge in [0.15, 0.2) is 0 Å². The highest BCUT2D eigenvalue weighted by atomic mass is 32.2. The highest BCUT2D eigenvalue weighted by Gasteiger charge is 2.37. The Bertz CT molecular complexity index is 1080. The van der Waals surface area contributed by atoms with Gasteiger partial charge in [-0.3, -0.25) is 4.79 Å². The zero-order chi connectivity index (χ0) is 20.9. The van der Waals surface area contributed by atoms with Gasteiger partial charge in [-0.05, 0) is 68.6 Å². The van der Waals surface area contributed by atoms with Crippen molar-refractivity contribution in [3.8, 4) is 0 Å². The van der Waals surface area contributed by atoms with Crippen LogP contribution in [-0.2, 0) is 16.6 Å². The number of aliphatic hydroxyl groups excluding tert-OH is 1. The van der Waals surface area contributed by atoms with Crippen molar-refractivity contribution in [2.45, 2.75) is 88.0 Å². The molecule has 2 N–H and O–H groups in total. The van der Waals surface area contributed by atoms with Crippen molar-refractivity contribution >= 4 is 26.8 Å². The number of fused-ring (bicyclic) bond motifs is 3. The first-order valence-corrected chi connectivity index (χ1v) is 12.9. The summed E-state index contributed by atoms with van der Waals surface area (Å²) in [5, 5.41) is 11.7. The maximum Gasteiger partial charge on any atom is 0.264 e. The Hall–Kier alpha value is -1.86. The molecule has 30 heavy (non-hydrogen) atoms. The Morgan fingerprint density at radius 3 is 2.47 bits per heavy atom. The highest BCUT2D eigenvalue weighted by Crippen LogP contribution is 2.44. The number of carbonyl (C=O) groups excluding carboxylic acids is 1. The molecule has 1 aromatic heterocycles. The van der Waals surface area contributed by atoms with Crippen molar-refractivity contribution in [2.75, 3.05) is 0 Å². The van der Waals surface area contributed by atoms with Crippen LogP contribution < -0.4 is 4.72 Å². The Morgan fingerprint density at radius 2 is 1.73 bits per heavy atom. The van der Waals surface area contributed by atoms with E-state index in [0.29, 0.717) is 24.3 Å². The lowest BCUT2D eigenvalue weighted by atomic mass is 9.81. The predicted molar refractivity (Wildman–Crippen MR) is 116 cm³/mol. The third-order valence-corrected chi connectivity index (χ3v) is 8.86. The number of sulfonamides is 1. The van der Waals surface area contributed by atoms with Crippen molar-refractivity contribution in [2.24, 2.45) is 0 Å². The molecule has 162 valence electrons. The van der Waals surface area contributed by atoms with Crippen LogP contribution in [-0.4, -0.2) is 29.2 Å². The van der Waals surface area contributed by atoms with E-state index in [-0.39, 0.29) is 0 Å². The van der Waals surface area contributed by atoms with Crippen molar-refractivity contribution in [3.63, 3.8) is 0 Å². The number of amides is 1. The molecule has 6 nitrogen and oxygen atoms in total. The number of aliphatic hydroxyl groups is 1. The molecule has 1 atom stereocenters. The van der Waals surface area contributed by atoms with Crippen LogP contribution in [0, 0.1) is 0 Å². The number of rotatable bonds is 4. The summed E-state index contributed by atoms with van der Waals surface area (Å²) in [5.74, 6) is -0.118. The molecule has 0 saturated heterocycles. The quantitative estimate of drug-likeness (QED) is 0.763. The summed E-state index contributed by atoms with van der Waals surface area (Å²) < 4.78 is 28.8. The summed E-state index contributed by atoms with van der Waals surface area (Å²) in [7, 11) is -3.58. The molecule has 1 unspecified atom stereocenters. The van der Waals surface area contributed by atoms with Crippen LogP contribution in [0.5, 0.6) is 0 Å². The maximum absolute atomic E-state index is 12.7. The van der Waals surface area contributed by atoms with Crippen LogP contribution in [0.25, 0.3) is 10.9 Å². The highest BCUT2D eigenvalue weighted by molar-refractivity contribution is 7.91. The van der Waals surface area contributed by atoms with E-state index in [1.807, 2.05) is 12.1 Å². The third-order valence-electron chi connectivity index (χ3n) is 7.04. The first-order valence-electron chi connectivity index (χ1n) is 11.4. The SMILES string of the molecule is O=C(NS(=O)(=O)C1CC1)c1ccc2c(C3CCCCC3)c3n(c2c1)CCCCC3O. The predicted octanol–water partition coefficient (Wildman–Crippen LogP) is 4.13. The van der Waals surface area contributed by atoms with Gasteiger partial charge in [-0.2, -0.15) is 0 Å². The molecule has 1 aliphatic heterocycles. The van der Waals surface area contributed by atoms with Crippen molar-refractivity contribution in [3.05, 3.63) is 35.0 Å². The smallest absolute Gasteiger partial charge is 0.264 e. The molecule has 5 rings (SSSR count). The number of aryl methyl sites for hydroxylation is 1. The number of nitrogens with zero attached hydrogens (tertiary/aromatic N) is 1. The number of benzene rings is 1. The molecule has 2 fully saturated rings. The molecule has 0 radical (unpaired) electrons. The zero-order valence-corrected chi connectivity index (χ0v) is 18.1. The minimum atomic E-state index is -3.58. The third kappa shape index (κ3) is 3.56. The molecule has 2 saturated carbocycles. The van der Waals surface area contributed by atoms with E-state index in [4.69, 9.17) is 0 Å². The molecule has 3 aliphatic rings. The van der Waals surface area contributed by atoms with Crippen LogP contribution >= 0.6 is 0 Å². The van der Waals surface area contributed by atoms with Crippen LogP contribution in [0.1, 0.15) is 97.8 Å². The van der Waals surface area contributed by atoms with E-state index in [2.05, 4.69) is 9.29 Å². The lowest BCUT2D eigenvalue weighted by Gasteiger charge is -2.24. The van der Waals surface area contributed by atoms with E-state index in [9.17, 15) is 18.3 Å². The van der Waals surface area contributed by atoms with E-state index in [1.165, 1.54) is 24.8 Å². The second-order valence-corrected chi connectivity index (χ2v) is 11.2. The molecule has 0 spiro atoms. The normalized spacial score (nSPS) is 23.2. The van der Waals surface area contributed by atoms with Gasteiger partial charge in [0, 0.05) is 23.0 Å². The average Bonchev–Trinajstić information content (AvgIpc) is 3.56. The van der Waals surface area contributed by atoms with Crippen LogP contribution in [0.15, 0.2) is 18.2 Å². The number of hydrogen-bond acceptors (Lipinski definition) is 4. The summed E-state index contributed by atoms with van der Waals surface area (Å²) in [4.78, 5) is 12.7. The molecule has 7 heteroatoms. The van der Waals surface area contributed by atoms with Gasteiger partial charge < -0.3 is 9.67 Å². The number of aromatic nitrogens is 1. The Labute approximate surface area is 177 Å². The topological polar surface area (TPSA) is 88.4 Å². The van der Waals surface area contributed by atoms with E-state index in [0.717, 1.165) is 55.2 Å². The lowest BCUT2D eigenvalue weighted by molar-refractivity contribution is 0.0981. The summed E-state index contributed by atoms with van der Waals surface area (Å²) in [6.07, 6.45) is 9.48. The lowest BCUT2D eigenvalue weighted by Crippen LogP contribution is -2.33. The van der Waals surface area contributed by atoms with Gasteiger partial charge in [-0.1, -0.05) is 25.3 Å². The largest absolute Gasteiger partial charge is 0.387 e. The zero-order valence-electron chi connectivity index (χ0n) is 17.3. The van der Waals surface area contributed by atoms with E-state index < -0.39 is 27.3 Å². The van der Waals surface area contributed by atoms with Gasteiger partial charge >= 0.3 is 0 Å². The molecule has 2 heterocycles. The molecular formula is C23H30N2O4S. The Balaban J connectivity index is 1.59. The molecule has 1 aromatic carbocycles. The van der Waals surface area contributed by atoms with Crippen LogP contribution in [0.2, 0.25) is 0 Å². The minimum Gasteiger partial charge on any atom is -0.387 e. The van der Waals surface area contributed by atoms with E-state index in [1.54, 1.807) is 6.07 Å². The maximum atomic E-state index is 12.7. The molecule has 0 bridgehead atoms. The fourth-order valence-corrected chi connectivity index (χ4v) is 6.65. The van der Waals surface area contributed by atoms with Crippen LogP contribution in [0.4, 0.5) is 0 Å². The van der Waals surface area contributed by atoms with Crippen molar-refractivity contribution < 1.29 is 18.3 Å². The van der Waals surface area contributed by atoms with Gasteiger partial charge in [0.05, 0.1) is 17.0 Å². The van der Waals surface area contributed by atoms with Crippen molar-refractivity contribution in [1.29, 1.82) is 0 Å². The van der Waals surface area contributed by atoms with Gasteiger partial charge in [0.1, 0.15) is 0 Å². The summed E-state index contributed by atoms with van der Waals surface area (Å²) in [6, 6.07) is 5.52. The summed E-state index contributed by atoms with van der Waals surface area (Å²) in [6.45, 7) is 0.820. The fourth-order valence-electron chi connectivity index (χ4n) is 5.35. The number of hydrogen-bond donors (Lipinski definition) is 2. The molecule has 2 aromatic rings. The standard InChI is InChI=1S/C23H30N2O4S/c26-20-8-4-5-13-25-19-14-16(23(27)24-30(28,29)17-10-11-17)9-12-18(19)21(22(20)25)15-6-2-1-3-7-15/h9,12,14-15,17,20,26H,1-8,10-11,13H2,(H,24,27). The van der Waals surface area contributed by atoms with Crippen molar-refractivity contribution in [1.82, 2.24) is 9.29 Å². The number of nitrogens with one attached hydrogen (secondary N) is 1. The molecular weight excluding hydrogens is 400 g/mol. The van der Waals surface area contributed by atoms with E-state index >= 15 is 0 Å². The Kier molecular flexibility index (Phi) is 5.14. The first-order chi connectivity index (χ1) is 14.5. The average molecular weight is 431 g/mol. The fraction of sp³-hybridized carbons (Fsp3) is 0.609. The second-order valence-electron chi connectivity index (χ2n) is 9.20. The van der Waals surface area contributed by atoms with Gasteiger partial charge in [0.2, 0.25) is 10.0 Å². The molecule has 2 aliphatic carbocycles. The number of carbonyl (C=O) groups is 1. The summed E-state index contributed by atoms with van der Waals surface area (Å²) >= 11 is 0. The van der Waals surface area contributed by atoms with Crippen LogP contribution in [0.3, 0.4) is 0 Å². The van der Waals surface area contributed by atoms with Gasteiger partial charge in [-0.25, -0.2) is 13.1 Å². The summed E-state index contributed by atoms with van der Waals surface area (Å²) in [5.41, 5.74) is 3.60. The second kappa shape index (κ2) is 7.68. The van der Waals surface area contributed by atoms with Gasteiger partial charge in [0.25, 0.3) is 5.91 Å². The first kappa shape index (κ1) is 20.1. The molecule has 1 amide bonds.